The molecule has 0 bridgehead atoms. The third-order valence-corrected chi connectivity index (χ3v) is 3.03. The van der Waals surface area contributed by atoms with Crippen molar-refractivity contribution in [2.45, 2.75) is 31.5 Å². The molecule has 0 aliphatic rings. The number of hydrogen-bond donors (Lipinski definition) is 2. The minimum absolute atomic E-state index is 0. The molecule has 19 heavy (non-hydrogen) atoms. The van der Waals surface area contributed by atoms with Crippen LogP contribution >= 0.6 is 24.0 Å². The van der Waals surface area contributed by atoms with Gasteiger partial charge in [-0.25, -0.2) is 0 Å². The first-order chi connectivity index (χ1) is 8.38. The fraction of sp³-hybridized carbons (Fsp3) is 0.500. The molecule has 110 valence electrons. The van der Waals surface area contributed by atoms with E-state index < -0.39 is 17.8 Å². The number of nitrogens with two attached hydrogens (primary N) is 2. The summed E-state index contributed by atoms with van der Waals surface area (Å²) in [6, 6.07) is 2.99. The zero-order valence-electron chi connectivity index (χ0n) is 10.2. The largest absolute Gasteiger partial charge is 0.416 e. The summed E-state index contributed by atoms with van der Waals surface area (Å²) in [7, 11) is 0. The first-order valence-electron chi connectivity index (χ1n) is 5.69. The van der Waals surface area contributed by atoms with Gasteiger partial charge in [0.05, 0.1) is 5.56 Å². The Morgan fingerprint density at radius 1 is 1.21 bits per heavy atom. The number of unbranched alkanes of at least 4 members (excludes halogenated alkanes) is 1. The summed E-state index contributed by atoms with van der Waals surface area (Å²) in [4.78, 5) is 0. The Morgan fingerprint density at radius 2 is 1.84 bits per heavy atom. The van der Waals surface area contributed by atoms with Gasteiger partial charge in [0, 0.05) is 11.1 Å². The standard InChI is InChI=1S/C12H16ClF3N2.ClH/c13-9-5-3-4-8(12(14,15)16)11(9)10(18)6-1-2-7-17;/h3-5,10H,1-2,6-7,17-18H2;1H/t10-;/m0./s1. The Kier molecular flexibility index (Phi) is 7.74. The van der Waals surface area contributed by atoms with E-state index in [9.17, 15) is 13.2 Å². The molecule has 0 heterocycles. The molecule has 0 saturated carbocycles. The van der Waals surface area contributed by atoms with E-state index in [1.807, 2.05) is 0 Å². The van der Waals surface area contributed by atoms with Crippen molar-refractivity contribution in [3.05, 3.63) is 34.3 Å². The summed E-state index contributed by atoms with van der Waals surface area (Å²) in [5.41, 5.74) is 10.4. The molecular weight excluding hydrogens is 300 g/mol. The Morgan fingerprint density at radius 3 is 2.37 bits per heavy atom. The lowest BCUT2D eigenvalue weighted by atomic mass is 9.96. The Labute approximate surface area is 121 Å². The second-order valence-electron chi connectivity index (χ2n) is 4.09. The van der Waals surface area contributed by atoms with Crippen LogP contribution < -0.4 is 11.5 Å². The molecule has 0 amide bonds. The summed E-state index contributed by atoms with van der Waals surface area (Å²) in [6.07, 6.45) is -2.59. The molecule has 0 aromatic heterocycles. The second-order valence-corrected chi connectivity index (χ2v) is 4.50. The lowest BCUT2D eigenvalue weighted by Crippen LogP contribution is -2.18. The van der Waals surface area contributed by atoms with Gasteiger partial charge in [-0.15, -0.1) is 12.4 Å². The van der Waals surface area contributed by atoms with Crippen LogP contribution in [0.4, 0.5) is 13.2 Å². The van der Waals surface area contributed by atoms with Gasteiger partial charge in [0.2, 0.25) is 0 Å². The van der Waals surface area contributed by atoms with E-state index in [1.165, 1.54) is 12.1 Å². The van der Waals surface area contributed by atoms with E-state index in [0.717, 1.165) is 12.5 Å². The predicted octanol–water partition coefficient (Wildman–Crippen LogP) is 3.91. The highest BCUT2D eigenvalue weighted by atomic mass is 35.5. The molecule has 7 heteroatoms. The topological polar surface area (TPSA) is 52.0 Å². The van der Waals surface area contributed by atoms with Gasteiger partial charge in [-0.2, -0.15) is 13.2 Å². The fourth-order valence-electron chi connectivity index (χ4n) is 1.81. The molecule has 2 nitrogen and oxygen atoms in total. The van der Waals surface area contributed by atoms with Crippen LogP contribution in [0.15, 0.2) is 18.2 Å². The van der Waals surface area contributed by atoms with E-state index in [1.54, 1.807) is 0 Å². The van der Waals surface area contributed by atoms with Gasteiger partial charge < -0.3 is 11.5 Å². The number of hydrogen-bond acceptors (Lipinski definition) is 2. The van der Waals surface area contributed by atoms with Gasteiger partial charge >= 0.3 is 6.18 Å². The van der Waals surface area contributed by atoms with E-state index >= 15 is 0 Å². The van der Waals surface area contributed by atoms with Gasteiger partial charge in [-0.1, -0.05) is 24.1 Å². The predicted molar refractivity (Wildman–Crippen MR) is 73.5 cm³/mol. The average molecular weight is 317 g/mol. The molecule has 0 fully saturated rings. The Hall–Kier alpha value is -0.490. The van der Waals surface area contributed by atoms with Crippen LogP contribution in [0.25, 0.3) is 0 Å². The summed E-state index contributed by atoms with van der Waals surface area (Å²) in [6.45, 7) is 0.501. The van der Waals surface area contributed by atoms with E-state index in [4.69, 9.17) is 23.1 Å². The Balaban J connectivity index is 0.00000324. The van der Waals surface area contributed by atoms with Gasteiger partial charge in [-0.3, -0.25) is 0 Å². The monoisotopic (exact) mass is 316 g/mol. The number of alkyl halides is 3. The summed E-state index contributed by atoms with van der Waals surface area (Å²) < 4.78 is 38.5. The highest BCUT2D eigenvalue weighted by Crippen LogP contribution is 2.38. The third kappa shape index (κ3) is 5.18. The maximum absolute atomic E-state index is 12.8. The fourth-order valence-corrected chi connectivity index (χ4v) is 2.13. The first-order valence-corrected chi connectivity index (χ1v) is 6.07. The third-order valence-electron chi connectivity index (χ3n) is 2.70. The van der Waals surface area contributed by atoms with Gasteiger partial charge in [-0.05, 0) is 37.1 Å². The van der Waals surface area contributed by atoms with Crippen LogP contribution in [0.5, 0.6) is 0 Å². The second kappa shape index (κ2) is 7.94. The van der Waals surface area contributed by atoms with Crippen LogP contribution in [0.2, 0.25) is 5.02 Å². The molecule has 0 radical (unpaired) electrons. The number of rotatable bonds is 5. The molecule has 0 spiro atoms. The van der Waals surface area contributed by atoms with Crippen LogP contribution in [0.3, 0.4) is 0 Å². The minimum atomic E-state index is -4.44. The van der Waals surface area contributed by atoms with Crippen molar-refractivity contribution in [1.29, 1.82) is 0 Å². The molecule has 0 aliphatic carbocycles. The van der Waals surface area contributed by atoms with Crippen LogP contribution in [0.1, 0.15) is 36.4 Å². The molecule has 1 aromatic carbocycles. The maximum atomic E-state index is 12.8. The lowest BCUT2D eigenvalue weighted by Gasteiger charge is -2.19. The van der Waals surface area contributed by atoms with Crippen LogP contribution in [-0.4, -0.2) is 6.54 Å². The molecule has 0 unspecified atom stereocenters. The van der Waals surface area contributed by atoms with E-state index in [2.05, 4.69) is 0 Å². The van der Waals surface area contributed by atoms with Crippen molar-refractivity contribution >= 4 is 24.0 Å². The van der Waals surface area contributed by atoms with Gasteiger partial charge in [0.15, 0.2) is 0 Å². The number of benzene rings is 1. The van der Waals surface area contributed by atoms with Crippen LogP contribution in [-0.2, 0) is 6.18 Å². The zero-order chi connectivity index (χ0) is 13.8. The molecule has 4 N–H and O–H groups in total. The lowest BCUT2D eigenvalue weighted by molar-refractivity contribution is -0.138. The van der Waals surface area contributed by atoms with E-state index in [-0.39, 0.29) is 23.0 Å². The smallest absolute Gasteiger partial charge is 0.330 e. The molecular formula is C12H17Cl2F3N2. The molecule has 1 aromatic rings. The maximum Gasteiger partial charge on any atom is 0.416 e. The number of halogens is 5. The molecule has 0 saturated heterocycles. The van der Waals surface area contributed by atoms with Crippen molar-refractivity contribution in [3.8, 4) is 0 Å². The highest BCUT2D eigenvalue weighted by Gasteiger charge is 2.35. The summed E-state index contributed by atoms with van der Waals surface area (Å²) in [5.74, 6) is 0. The van der Waals surface area contributed by atoms with Crippen molar-refractivity contribution < 1.29 is 13.2 Å². The van der Waals surface area contributed by atoms with E-state index in [0.29, 0.717) is 19.4 Å². The van der Waals surface area contributed by atoms with Crippen molar-refractivity contribution in [1.82, 2.24) is 0 Å². The first kappa shape index (κ1) is 18.5. The van der Waals surface area contributed by atoms with Crippen molar-refractivity contribution in [3.63, 3.8) is 0 Å². The molecule has 1 atom stereocenters. The Bertz CT molecular complexity index is 397. The normalized spacial score (nSPS) is 12.9. The summed E-state index contributed by atoms with van der Waals surface area (Å²) in [5, 5.41) is 0.0603. The quantitative estimate of drug-likeness (QED) is 0.809. The molecule has 0 aliphatic heterocycles. The SMILES string of the molecule is Cl.NCCCC[C@H](N)c1c(Cl)cccc1C(F)(F)F. The van der Waals surface area contributed by atoms with Gasteiger partial charge in [0.25, 0.3) is 0 Å². The summed E-state index contributed by atoms with van der Waals surface area (Å²) >= 11 is 5.84. The van der Waals surface area contributed by atoms with Gasteiger partial charge in [0.1, 0.15) is 0 Å². The zero-order valence-corrected chi connectivity index (χ0v) is 11.8. The average Bonchev–Trinajstić information content (AvgIpc) is 2.27. The molecule has 1 rings (SSSR count). The highest BCUT2D eigenvalue weighted by molar-refractivity contribution is 6.31. The minimum Gasteiger partial charge on any atom is -0.330 e. The van der Waals surface area contributed by atoms with Crippen molar-refractivity contribution in [2.24, 2.45) is 11.5 Å². The van der Waals surface area contributed by atoms with Crippen molar-refractivity contribution in [2.75, 3.05) is 6.54 Å². The van der Waals surface area contributed by atoms with Crippen LogP contribution in [0, 0.1) is 0 Å².